The van der Waals surface area contributed by atoms with E-state index in [4.69, 9.17) is 16.0 Å². The van der Waals surface area contributed by atoms with Crippen LogP contribution in [0.1, 0.15) is 40.6 Å². The van der Waals surface area contributed by atoms with Crippen molar-refractivity contribution in [3.8, 4) is 0 Å². The van der Waals surface area contributed by atoms with E-state index >= 15 is 0 Å². The number of amides is 3. The third kappa shape index (κ3) is 4.38. The lowest BCUT2D eigenvalue weighted by molar-refractivity contribution is 0.0933. The van der Waals surface area contributed by atoms with Crippen molar-refractivity contribution in [3.05, 3.63) is 58.5 Å². The molecule has 3 rings (SSSR count). The molecule has 0 bridgehead atoms. The topological polar surface area (TPSA) is 74.6 Å². The average Bonchev–Trinajstić information content (AvgIpc) is 3.15. The van der Waals surface area contributed by atoms with E-state index < -0.39 is 0 Å². The molecule has 2 heterocycles. The molecule has 0 aliphatic carbocycles. The van der Waals surface area contributed by atoms with Crippen molar-refractivity contribution in [2.45, 2.75) is 25.3 Å². The zero-order valence-electron chi connectivity index (χ0n) is 14.6. The van der Waals surface area contributed by atoms with Crippen LogP contribution in [0, 0.1) is 0 Å². The number of carbonyl (C=O) groups excluding carboxylic acids is 2. The van der Waals surface area contributed by atoms with Crippen molar-refractivity contribution in [2.75, 3.05) is 20.1 Å². The summed E-state index contributed by atoms with van der Waals surface area (Å²) >= 11 is 5.95. The zero-order valence-corrected chi connectivity index (χ0v) is 15.4. The summed E-state index contributed by atoms with van der Waals surface area (Å²) in [4.78, 5) is 25.8. The van der Waals surface area contributed by atoms with Gasteiger partial charge in [-0.15, -0.1) is 0 Å². The van der Waals surface area contributed by atoms with Gasteiger partial charge in [-0.2, -0.15) is 0 Å². The Morgan fingerprint density at radius 1 is 1.23 bits per heavy atom. The molecule has 0 unspecified atom stereocenters. The molecule has 138 valence electrons. The van der Waals surface area contributed by atoms with E-state index in [0.717, 1.165) is 19.4 Å². The molecule has 1 aromatic carbocycles. The van der Waals surface area contributed by atoms with Crippen molar-refractivity contribution < 1.29 is 14.0 Å². The van der Waals surface area contributed by atoms with E-state index in [1.165, 1.54) is 5.56 Å². The van der Waals surface area contributed by atoms with E-state index in [-0.39, 0.29) is 24.2 Å². The van der Waals surface area contributed by atoms with Gasteiger partial charge in [0.25, 0.3) is 5.91 Å². The largest absolute Gasteiger partial charge is 0.454 e. The minimum absolute atomic E-state index is 0.124. The Labute approximate surface area is 157 Å². The molecule has 0 spiro atoms. The maximum atomic E-state index is 12.5. The molecule has 1 saturated heterocycles. The molecular formula is C19H22ClN3O3. The molecule has 0 saturated carbocycles. The van der Waals surface area contributed by atoms with Crippen molar-refractivity contribution in [3.63, 3.8) is 0 Å². The molecule has 1 fully saturated rings. The highest BCUT2D eigenvalue weighted by Crippen LogP contribution is 2.27. The monoisotopic (exact) mass is 375 g/mol. The lowest BCUT2D eigenvalue weighted by Gasteiger charge is -2.33. The third-order valence-electron chi connectivity index (χ3n) is 4.58. The minimum Gasteiger partial charge on any atom is -0.454 e. The maximum absolute atomic E-state index is 12.5. The van der Waals surface area contributed by atoms with Crippen LogP contribution in [0.25, 0.3) is 0 Å². The molecule has 1 atom stereocenters. The van der Waals surface area contributed by atoms with Crippen molar-refractivity contribution in [1.82, 2.24) is 15.5 Å². The quantitative estimate of drug-likeness (QED) is 0.860. The number of hydrogen-bond acceptors (Lipinski definition) is 3. The minimum atomic E-state index is -0.288. The fraction of sp³-hybridized carbons (Fsp3) is 0.368. The molecular weight excluding hydrogens is 354 g/mol. The summed E-state index contributed by atoms with van der Waals surface area (Å²) in [7, 11) is 1.54. The van der Waals surface area contributed by atoms with E-state index in [1.54, 1.807) is 19.2 Å². The summed E-state index contributed by atoms with van der Waals surface area (Å²) in [5.41, 5.74) is 1.20. The van der Waals surface area contributed by atoms with Gasteiger partial charge < -0.3 is 20.0 Å². The second-order valence-corrected chi connectivity index (χ2v) is 6.78. The molecule has 6 nitrogen and oxygen atoms in total. The summed E-state index contributed by atoms with van der Waals surface area (Å²) in [6.07, 6.45) is 2.02. The number of hydrogen-bond donors (Lipinski definition) is 2. The van der Waals surface area contributed by atoms with E-state index in [9.17, 15) is 9.59 Å². The Kier molecular flexibility index (Phi) is 5.83. The molecule has 3 amide bonds. The first kappa shape index (κ1) is 18.3. The van der Waals surface area contributed by atoms with Gasteiger partial charge in [-0.05, 0) is 42.7 Å². The maximum Gasteiger partial charge on any atom is 0.317 e. The number of urea groups is 1. The van der Waals surface area contributed by atoms with E-state index in [0.29, 0.717) is 23.2 Å². The van der Waals surface area contributed by atoms with Crippen LogP contribution in [0.15, 0.2) is 40.8 Å². The Balaban J connectivity index is 1.55. The van der Waals surface area contributed by atoms with Gasteiger partial charge in [0.05, 0.1) is 6.54 Å². The molecule has 26 heavy (non-hydrogen) atoms. The van der Waals surface area contributed by atoms with Crippen LogP contribution in [0.4, 0.5) is 4.79 Å². The normalized spacial score (nSPS) is 17.0. The van der Waals surface area contributed by atoms with Crippen molar-refractivity contribution in [2.24, 2.45) is 0 Å². The summed E-state index contributed by atoms with van der Waals surface area (Å²) in [6.45, 7) is 1.66. The number of carbonyl (C=O) groups is 2. The summed E-state index contributed by atoms with van der Waals surface area (Å²) in [6, 6.07) is 11.0. The number of nitrogens with zero attached hydrogens (tertiary/aromatic N) is 1. The van der Waals surface area contributed by atoms with Gasteiger partial charge in [-0.3, -0.25) is 4.79 Å². The van der Waals surface area contributed by atoms with Crippen LogP contribution in [0.2, 0.25) is 5.02 Å². The molecule has 1 aromatic heterocycles. The molecule has 2 aromatic rings. The predicted octanol–water partition coefficient (Wildman–Crippen LogP) is 3.38. The standard InChI is InChI=1S/C19H22ClN3O3/c1-21-18(24)17-9-8-16(26-17)11-22-19(25)23-10-2-3-14(12-23)13-4-6-15(20)7-5-13/h4-9,14H,2-3,10-12H2,1H3,(H,21,24)(H,22,25)/t14-/m1/s1. The second-order valence-electron chi connectivity index (χ2n) is 6.34. The third-order valence-corrected chi connectivity index (χ3v) is 4.83. The van der Waals surface area contributed by atoms with Gasteiger partial charge in [0, 0.05) is 31.1 Å². The van der Waals surface area contributed by atoms with Crippen LogP contribution in [0.5, 0.6) is 0 Å². The van der Waals surface area contributed by atoms with Crippen LogP contribution in [-0.2, 0) is 6.54 Å². The number of piperidine rings is 1. The van der Waals surface area contributed by atoms with E-state index in [2.05, 4.69) is 10.6 Å². The fourth-order valence-corrected chi connectivity index (χ4v) is 3.29. The van der Waals surface area contributed by atoms with Crippen LogP contribution in [0.3, 0.4) is 0 Å². The number of nitrogens with one attached hydrogen (secondary N) is 2. The predicted molar refractivity (Wildman–Crippen MR) is 99.3 cm³/mol. The molecule has 7 heteroatoms. The van der Waals surface area contributed by atoms with Gasteiger partial charge in [0.1, 0.15) is 5.76 Å². The fourth-order valence-electron chi connectivity index (χ4n) is 3.16. The zero-order chi connectivity index (χ0) is 18.5. The number of benzene rings is 1. The van der Waals surface area contributed by atoms with Gasteiger partial charge in [-0.1, -0.05) is 23.7 Å². The first-order chi connectivity index (χ1) is 12.6. The molecule has 1 aliphatic heterocycles. The average molecular weight is 376 g/mol. The van der Waals surface area contributed by atoms with E-state index in [1.807, 2.05) is 29.2 Å². The number of halogens is 1. The van der Waals surface area contributed by atoms with Gasteiger partial charge in [-0.25, -0.2) is 4.79 Å². The van der Waals surface area contributed by atoms with Crippen LogP contribution in [-0.4, -0.2) is 37.0 Å². The van der Waals surface area contributed by atoms with Gasteiger partial charge >= 0.3 is 6.03 Å². The van der Waals surface area contributed by atoms with Crippen molar-refractivity contribution >= 4 is 23.5 Å². The number of likely N-dealkylation sites (tertiary alicyclic amines) is 1. The van der Waals surface area contributed by atoms with Crippen molar-refractivity contribution in [1.29, 1.82) is 0 Å². The second kappa shape index (κ2) is 8.27. The number of furan rings is 1. The molecule has 2 N–H and O–H groups in total. The highest BCUT2D eigenvalue weighted by molar-refractivity contribution is 6.30. The summed E-state index contributed by atoms with van der Waals surface area (Å²) in [5, 5.41) is 6.08. The molecule has 0 radical (unpaired) electrons. The Hall–Kier alpha value is -2.47. The van der Waals surface area contributed by atoms with Gasteiger partial charge in [0.2, 0.25) is 0 Å². The Morgan fingerprint density at radius 3 is 2.73 bits per heavy atom. The van der Waals surface area contributed by atoms with Crippen LogP contribution >= 0.6 is 11.6 Å². The molecule has 1 aliphatic rings. The first-order valence-electron chi connectivity index (χ1n) is 8.66. The highest BCUT2D eigenvalue weighted by atomic mass is 35.5. The SMILES string of the molecule is CNC(=O)c1ccc(CNC(=O)N2CCC[C@@H](c3ccc(Cl)cc3)C2)o1. The number of rotatable bonds is 4. The Morgan fingerprint density at radius 2 is 2.00 bits per heavy atom. The Bertz CT molecular complexity index is 773. The lowest BCUT2D eigenvalue weighted by Crippen LogP contribution is -2.44. The summed E-state index contributed by atoms with van der Waals surface area (Å²) < 4.78 is 5.42. The highest BCUT2D eigenvalue weighted by Gasteiger charge is 2.24. The smallest absolute Gasteiger partial charge is 0.317 e. The lowest BCUT2D eigenvalue weighted by atomic mass is 9.91. The van der Waals surface area contributed by atoms with Gasteiger partial charge in [0.15, 0.2) is 5.76 Å². The first-order valence-corrected chi connectivity index (χ1v) is 9.03. The van der Waals surface area contributed by atoms with Crippen LogP contribution < -0.4 is 10.6 Å². The summed E-state index contributed by atoms with van der Waals surface area (Å²) in [5.74, 6) is 0.806.